The average molecular weight is 430 g/mol. The van der Waals surface area contributed by atoms with E-state index in [2.05, 4.69) is 5.32 Å². The Morgan fingerprint density at radius 2 is 1.71 bits per heavy atom. The number of likely N-dealkylation sites (tertiary alicyclic amines) is 1. The van der Waals surface area contributed by atoms with E-state index in [1.807, 2.05) is 4.72 Å². The van der Waals surface area contributed by atoms with Crippen LogP contribution in [0.15, 0.2) is 0 Å². The van der Waals surface area contributed by atoms with Crippen LogP contribution < -0.4 is 15.8 Å². The first-order valence-corrected chi connectivity index (χ1v) is 11.0. The number of sulfonamides is 1. The summed E-state index contributed by atoms with van der Waals surface area (Å²) in [5, 5.41) is 2.64. The maximum Gasteiger partial charge on any atom is 0.404 e. The van der Waals surface area contributed by atoms with Crippen molar-refractivity contribution < 1.29 is 31.2 Å². The summed E-state index contributed by atoms with van der Waals surface area (Å²) in [4.78, 5) is 25.4. The van der Waals surface area contributed by atoms with Gasteiger partial charge in [0.2, 0.25) is 21.8 Å². The lowest BCUT2D eigenvalue weighted by atomic mass is 10.1. The number of amides is 2. The number of nitrogens with two attached hydrogens (primary N) is 1. The zero-order valence-corrected chi connectivity index (χ0v) is 16.6. The lowest BCUT2D eigenvalue weighted by molar-refractivity contribution is -0.131. The van der Waals surface area contributed by atoms with Crippen molar-refractivity contribution in [3.8, 4) is 0 Å². The Kier molecular flexibility index (Phi) is 10.2. The second kappa shape index (κ2) is 11.6. The van der Waals surface area contributed by atoms with Gasteiger partial charge in [0.1, 0.15) is 0 Å². The van der Waals surface area contributed by atoms with Crippen LogP contribution in [0.1, 0.15) is 44.9 Å². The van der Waals surface area contributed by atoms with Crippen LogP contribution in [0.25, 0.3) is 0 Å². The monoisotopic (exact) mass is 430 g/mol. The molecule has 0 aromatic rings. The van der Waals surface area contributed by atoms with Crippen LogP contribution in [0.5, 0.6) is 0 Å². The third kappa shape index (κ3) is 10.8. The van der Waals surface area contributed by atoms with E-state index in [9.17, 15) is 31.2 Å². The highest BCUT2D eigenvalue weighted by atomic mass is 32.2. The standard InChI is InChI=1S/C16H29F3N4O4S/c17-16(18,19)12-28(26,27)22-9-5-7-14(24)21-8-2-1-6-13(20)15(25)23-10-3-4-11-23/h13,22H,1-12,20H2,(H,21,24)/t13-/m0/s1. The van der Waals surface area contributed by atoms with Gasteiger partial charge in [-0.15, -0.1) is 0 Å². The number of rotatable bonds is 12. The first-order valence-electron chi connectivity index (χ1n) is 9.35. The lowest BCUT2D eigenvalue weighted by Crippen LogP contribution is -2.42. The summed E-state index contributed by atoms with van der Waals surface area (Å²) in [6.07, 6.45) is -0.831. The molecule has 0 aliphatic carbocycles. The highest BCUT2D eigenvalue weighted by Crippen LogP contribution is 2.16. The third-order valence-corrected chi connectivity index (χ3v) is 5.61. The first kappa shape index (κ1) is 24.6. The van der Waals surface area contributed by atoms with Crippen LogP contribution in [0.2, 0.25) is 0 Å². The molecule has 1 aliphatic rings. The molecule has 0 radical (unpaired) electrons. The van der Waals surface area contributed by atoms with Crippen molar-refractivity contribution in [3.05, 3.63) is 0 Å². The molecule has 0 unspecified atom stereocenters. The van der Waals surface area contributed by atoms with E-state index < -0.39 is 28.0 Å². The quantitative estimate of drug-likeness (QED) is 0.389. The normalized spacial score (nSPS) is 16.2. The summed E-state index contributed by atoms with van der Waals surface area (Å²) >= 11 is 0. The summed E-state index contributed by atoms with van der Waals surface area (Å²) in [6, 6.07) is -0.529. The average Bonchev–Trinajstić information content (AvgIpc) is 3.10. The molecule has 0 spiro atoms. The first-order chi connectivity index (χ1) is 13.0. The molecular formula is C16H29F3N4O4S. The summed E-state index contributed by atoms with van der Waals surface area (Å²) in [5.41, 5.74) is 5.89. The molecule has 12 heteroatoms. The van der Waals surface area contributed by atoms with Crippen LogP contribution in [-0.2, 0) is 19.6 Å². The Morgan fingerprint density at radius 3 is 2.32 bits per heavy atom. The summed E-state index contributed by atoms with van der Waals surface area (Å²) in [7, 11) is -4.43. The van der Waals surface area contributed by atoms with Gasteiger partial charge in [-0.25, -0.2) is 13.1 Å². The minimum Gasteiger partial charge on any atom is -0.356 e. The molecule has 4 N–H and O–H groups in total. The van der Waals surface area contributed by atoms with Crippen molar-refractivity contribution in [2.45, 2.75) is 57.2 Å². The summed E-state index contributed by atoms with van der Waals surface area (Å²) in [6.45, 7) is 1.67. The van der Waals surface area contributed by atoms with Gasteiger partial charge in [0.05, 0.1) is 6.04 Å². The number of alkyl halides is 3. The second-order valence-corrected chi connectivity index (χ2v) is 8.66. The third-order valence-electron chi connectivity index (χ3n) is 4.26. The van der Waals surface area contributed by atoms with Crippen LogP contribution in [0.3, 0.4) is 0 Å². The van der Waals surface area contributed by atoms with Gasteiger partial charge in [-0.05, 0) is 38.5 Å². The number of carbonyl (C=O) groups excluding carboxylic acids is 2. The number of nitrogens with zero attached hydrogens (tertiary/aromatic N) is 1. The van der Waals surface area contributed by atoms with Gasteiger partial charge in [-0.3, -0.25) is 9.59 Å². The maximum atomic E-state index is 12.1. The Balaban J connectivity index is 2.05. The van der Waals surface area contributed by atoms with Crippen molar-refractivity contribution in [3.63, 3.8) is 0 Å². The highest BCUT2D eigenvalue weighted by Gasteiger charge is 2.34. The molecule has 1 saturated heterocycles. The number of unbranched alkanes of at least 4 members (excludes halogenated alkanes) is 1. The van der Waals surface area contributed by atoms with Crippen LogP contribution in [-0.4, -0.2) is 69.3 Å². The molecule has 164 valence electrons. The Morgan fingerprint density at radius 1 is 1.07 bits per heavy atom. The van der Waals surface area contributed by atoms with E-state index in [1.165, 1.54) is 0 Å². The van der Waals surface area contributed by atoms with Gasteiger partial charge >= 0.3 is 6.18 Å². The number of hydrogen-bond acceptors (Lipinski definition) is 5. The van der Waals surface area contributed by atoms with Gasteiger partial charge < -0.3 is 16.0 Å². The molecule has 8 nitrogen and oxygen atoms in total. The zero-order valence-electron chi connectivity index (χ0n) is 15.8. The fourth-order valence-corrected chi connectivity index (χ4v) is 3.83. The molecule has 28 heavy (non-hydrogen) atoms. The minimum atomic E-state index is -4.80. The zero-order chi connectivity index (χ0) is 21.2. The van der Waals surface area contributed by atoms with Crippen molar-refractivity contribution in [2.24, 2.45) is 5.73 Å². The molecule has 0 bridgehead atoms. The molecule has 0 aromatic heterocycles. The Labute approximate surface area is 163 Å². The second-order valence-electron chi connectivity index (χ2n) is 6.86. The van der Waals surface area contributed by atoms with Crippen molar-refractivity contribution in [1.29, 1.82) is 0 Å². The molecular weight excluding hydrogens is 401 g/mol. The lowest BCUT2D eigenvalue weighted by Gasteiger charge is -2.20. The molecule has 2 amide bonds. The smallest absolute Gasteiger partial charge is 0.356 e. The van der Waals surface area contributed by atoms with Gasteiger partial charge in [0.15, 0.2) is 5.75 Å². The molecule has 1 heterocycles. The Bertz CT molecular complexity index is 608. The van der Waals surface area contributed by atoms with E-state index in [0.717, 1.165) is 25.9 Å². The molecule has 0 aromatic carbocycles. The van der Waals surface area contributed by atoms with E-state index in [4.69, 9.17) is 5.73 Å². The van der Waals surface area contributed by atoms with Crippen LogP contribution in [0, 0.1) is 0 Å². The van der Waals surface area contributed by atoms with E-state index >= 15 is 0 Å². The number of hydrogen-bond donors (Lipinski definition) is 3. The largest absolute Gasteiger partial charge is 0.404 e. The molecule has 0 saturated carbocycles. The predicted molar refractivity (Wildman–Crippen MR) is 97.7 cm³/mol. The fraction of sp³-hybridized carbons (Fsp3) is 0.875. The summed E-state index contributed by atoms with van der Waals surface area (Å²) in [5.74, 6) is -2.28. The van der Waals surface area contributed by atoms with Crippen molar-refractivity contribution in [1.82, 2.24) is 14.9 Å². The molecule has 1 fully saturated rings. The minimum absolute atomic E-state index is 0.00149. The van der Waals surface area contributed by atoms with Gasteiger partial charge in [-0.1, -0.05) is 0 Å². The summed E-state index contributed by atoms with van der Waals surface area (Å²) < 4.78 is 60.3. The van der Waals surface area contributed by atoms with Gasteiger partial charge in [0.25, 0.3) is 0 Å². The Hall–Kier alpha value is -1.40. The molecule has 1 aliphatic heterocycles. The molecule has 1 rings (SSSR count). The highest BCUT2D eigenvalue weighted by molar-refractivity contribution is 7.89. The van der Waals surface area contributed by atoms with E-state index in [1.54, 1.807) is 4.90 Å². The number of carbonyl (C=O) groups is 2. The number of nitrogens with one attached hydrogen (secondary N) is 2. The van der Waals surface area contributed by atoms with Crippen molar-refractivity contribution in [2.75, 3.05) is 31.9 Å². The van der Waals surface area contributed by atoms with Crippen molar-refractivity contribution >= 4 is 21.8 Å². The molecule has 1 atom stereocenters. The topological polar surface area (TPSA) is 122 Å². The maximum absolute atomic E-state index is 12.1. The predicted octanol–water partition coefficient (Wildman–Crippen LogP) is 0.485. The SMILES string of the molecule is N[C@@H](CCCCNC(=O)CCCNS(=O)(=O)CC(F)(F)F)C(=O)N1CCCC1. The van der Waals surface area contributed by atoms with Gasteiger partial charge in [0, 0.05) is 32.6 Å². The van der Waals surface area contributed by atoms with E-state index in [0.29, 0.717) is 25.8 Å². The fourth-order valence-electron chi connectivity index (χ4n) is 2.84. The number of halogens is 3. The van der Waals surface area contributed by atoms with E-state index in [-0.39, 0.29) is 31.2 Å². The van der Waals surface area contributed by atoms with Crippen LogP contribution in [0.4, 0.5) is 13.2 Å². The van der Waals surface area contributed by atoms with Gasteiger partial charge in [-0.2, -0.15) is 13.2 Å². The van der Waals surface area contributed by atoms with Crippen LogP contribution >= 0.6 is 0 Å².